The highest BCUT2D eigenvalue weighted by Crippen LogP contribution is 1.96. The number of nitrogens with zero attached hydrogens (tertiary/aromatic N) is 1. The topological polar surface area (TPSA) is 109 Å². The van der Waals surface area contributed by atoms with Crippen LogP contribution in [0.15, 0.2) is 24.4 Å². The number of anilines is 1. The molecule has 14 heavy (non-hydrogen) atoms. The van der Waals surface area contributed by atoms with Gasteiger partial charge in [-0.3, -0.25) is 25.9 Å². The fraction of sp³-hybridized carbons (Fsp3) is 0. The van der Waals surface area contributed by atoms with Crippen LogP contribution in [-0.4, -0.2) is 16.8 Å². The number of carbonyl (C=O) groups excluding carboxylic acids is 2. The zero-order valence-electron chi connectivity index (χ0n) is 7.15. The second-order valence-corrected chi connectivity index (χ2v) is 2.27. The van der Waals surface area contributed by atoms with Crippen LogP contribution in [0.5, 0.6) is 0 Å². The average Bonchev–Trinajstić information content (AvgIpc) is 2.26. The molecule has 7 nitrogen and oxygen atoms in total. The Labute approximate surface area is 79.6 Å². The van der Waals surface area contributed by atoms with Crippen molar-refractivity contribution in [3.63, 3.8) is 0 Å². The highest BCUT2D eigenvalue weighted by atomic mass is 16.2. The minimum absolute atomic E-state index is 0.422. The predicted octanol–water partition coefficient (Wildman–Crippen LogP) is -1.49. The van der Waals surface area contributed by atoms with Gasteiger partial charge in [0.15, 0.2) is 0 Å². The van der Waals surface area contributed by atoms with E-state index in [4.69, 9.17) is 5.84 Å². The van der Waals surface area contributed by atoms with Crippen LogP contribution in [0.25, 0.3) is 0 Å². The lowest BCUT2D eigenvalue weighted by Gasteiger charge is -2.05. The maximum atomic E-state index is 10.9. The van der Waals surface area contributed by atoms with Gasteiger partial charge in [-0.25, -0.2) is 10.8 Å². The fourth-order valence-electron chi connectivity index (χ4n) is 0.680. The number of nitrogens with two attached hydrogens (primary N) is 1. The molecule has 0 aliphatic rings. The van der Waals surface area contributed by atoms with Crippen LogP contribution in [-0.2, 0) is 9.59 Å². The van der Waals surface area contributed by atoms with Crippen LogP contribution >= 0.6 is 0 Å². The van der Waals surface area contributed by atoms with Gasteiger partial charge in [0.1, 0.15) is 5.82 Å². The van der Waals surface area contributed by atoms with E-state index in [-0.39, 0.29) is 0 Å². The number of hydrogen-bond donors (Lipinski definition) is 4. The van der Waals surface area contributed by atoms with Crippen molar-refractivity contribution in [2.24, 2.45) is 5.84 Å². The predicted molar refractivity (Wildman–Crippen MR) is 48.3 cm³/mol. The molecular weight excluding hydrogens is 186 g/mol. The van der Waals surface area contributed by atoms with Gasteiger partial charge in [0, 0.05) is 6.20 Å². The molecule has 0 aliphatic carbocycles. The van der Waals surface area contributed by atoms with E-state index in [9.17, 15) is 9.59 Å². The second kappa shape index (κ2) is 4.77. The molecule has 1 heterocycles. The molecule has 0 spiro atoms. The van der Waals surface area contributed by atoms with Gasteiger partial charge in [-0.1, -0.05) is 6.07 Å². The molecule has 0 saturated carbocycles. The first-order valence-electron chi connectivity index (χ1n) is 3.72. The molecule has 0 aliphatic heterocycles. The van der Waals surface area contributed by atoms with E-state index in [1.54, 1.807) is 23.6 Å². The van der Waals surface area contributed by atoms with Crippen LogP contribution in [0.4, 0.5) is 5.82 Å². The van der Waals surface area contributed by atoms with Gasteiger partial charge in [0.05, 0.1) is 0 Å². The largest absolute Gasteiger partial charge is 0.329 e. The van der Waals surface area contributed by atoms with E-state index in [0.29, 0.717) is 5.82 Å². The van der Waals surface area contributed by atoms with E-state index in [0.717, 1.165) is 0 Å². The summed E-state index contributed by atoms with van der Waals surface area (Å²) in [5, 5.41) is 0. The monoisotopic (exact) mass is 195 g/mol. The Morgan fingerprint density at radius 1 is 1.29 bits per heavy atom. The quantitative estimate of drug-likeness (QED) is 0.199. The Balaban J connectivity index is 2.42. The molecular formula is C7H9N5O2. The Bertz CT molecular complexity index is 326. The van der Waals surface area contributed by atoms with E-state index in [1.807, 2.05) is 0 Å². The molecule has 0 fully saturated rings. The Morgan fingerprint density at radius 3 is 2.64 bits per heavy atom. The summed E-state index contributed by atoms with van der Waals surface area (Å²) in [5.41, 5.74) is 6.23. The van der Waals surface area contributed by atoms with E-state index in [1.165, 1.54) is 6.20 Å². The first-order chi connectivity index (χ1) is 6.74. The van der Waals surface area contributed by atoms with Crippen molar-refractivity contribution >= 4 is 17.6 Å². The maximum absolute atomic E-state index is 10.9. The van der Waals surface area contributed by atoms with Crippen molar-refractivity contribution in [3.05, 3.63) is 24.4 Å². The van der Waals surface area contributed by atoms with Gasteiger partial charge in [0.2, 0.25) is 0 Å². The normalized spacial score (nSPS) is 8.93. The summed E-state index contributed by atoms with van der Waals surface area (Å²) in [5.74, 6) is 3.33. The van der Waals surface area contributed by atoms with Crippen molar-refractivity contribution in [1.29, 1.82) is 0 Å². The lowest BCUT2D eigenvalue weighted by molar-refractivity contribution is -0.138. The molecule has 1 aromatic heterocycles. The van der Waals surface area contributed by atoms with Crippen LogP contribution in [0.1, 0.15) is 0 Å². The Morgan fingerprint density at radius 2 is 2.07 bits per heavy atom. The molecule has 7 heteroatoms. The summed E-state index contributed by atoms with van der Waals surface area (Å²) in [7, 11) is 0. The summed E-state index contributed by atoms with van der Waals surface area (Å²) in [6.07, 6.45) is 1.54. The number of carbonyl (C=O) groups is 2. The molecule has 1 aromatic rings. The van der Waals surface area contributed by atoms with Crippen LogP contribution in [0.3, 0.4) is 0 Å². The summed E-state index contributed by atoms with van der Waals surface area (Å²) < 4.78 is 0. The SMILES string of the molecule is NNC(=O)C(=O)NNc1ccccn1. The number of aromatic nitrogens is 1. The zero-order chi connectivity index (χ0) is 10.4. The van der Waals surface area contributed by atoms with Crippen LogP contribution < -0.4 is 22.1 Å². The molecule has 74 valence electrons. The smallest absolute Gasteiger partial charge is 0.286 e. The second-order valence-electron chi connectivity index (χ2n) is 2.27. The van der Waals surface area contributed by atoms with Gasteiger partial charge >= 0.3 is 11.8 Å². The molecule has 1 rings (SSSR count). The molecule has 0 atom stereocenters. The number of hydrogen-bond acceptors (Lipinski definition) is 5. The van der Waals surface area contributed by atoms with Gasteiger partial charge in [-0.15, -0.1) is 0 Å². The van der Waals surface area contributed by atoms with E-state index < -0.39 is 11.8 Å². The molecule has 0 aromatic carbocycles. The minimum atomic E-state index is -0.937. The standard InChI is InChI=1S/C7H9N5O2/c8-10-6(13)7(14)12-11-5-3-1-2-4-9-5/h1-4H,8H2,(H,9,11)(H,10,13)(H,12,14). The molecule has 2 amide bonds. The van der Waals surface area contributed by atoms with Crippen molar-refractivity contribution in [3.8, 4) is 0 Å². The van der Waals surface area contributed by atoms with Crippen LogP contribution in [0.2, 0.25) is 0 Å². The highest BCUT2D eigenvalue weighted by molar-refractivity contribution is 6.35. The number of pyridine rings is 1. The zero-order valence-corrected chi connectivity index (χ0v) is 7.15. The minimum Gasteiger partial charge on any atom is -0.286 e. The first-order valence-corrected chi connectivity index (χ1v) is 3.72. The Hall–Kier alpha value is -2.15. The third-order valence-corrected chi connectivity index (χ3v) is 1.31. The summed E-state index contributed by atoms with van der Waals surface area (Å²) in [6.45, 7) is 0. The average molecular weight is 195 g/mol. The van der Waals surface area contributed by atoms with Gasteiger partial charge in [-0.2, -0.15) is 0 Å². The molecule has 0 radical (unpaired) electrons. The van der Waals surface area contributed by atoms with Gasteiger partial charge in [0.25, 0.3) is 0 Å². The summed E-state index contributed by atoms with van der Waals surface area (Å²) in [6, 6.07) is 5.07. The third-order valence-electron chi connectivity index (χ3n) is 1.31. The van der Waals surface area contributed by atoms with E-state index >= 15 is 0 Å². The Kier molecular flexibility index (Phi) is 3.39. The fourth-order valence-corrected chi connectivity index (χ4v) is 0.680. The lowest BCUT2D eigenvalue weighted by atomic mass is 10.5. The molecule has 0 bridgehead atoms. The molecule has 0 unspecified atom stereocenters. The molecule has 5 N–H and O–H groups in total. The van der Waals surface area contributed by atoms with Crippen molar-refractivity contribution in [1.82, 2.24) is 15.8 Å². The van der Waals surface area contributed by atoms with E-state index in [2.05, 4.69) is 15.8 Å². The van der Waals surface area contributed by atoms with Crippen molar-refractivity contribution in [2.75, 3.05) is 5.43 Å². The van der Waals surface area contributed by atoms with Gasteiger partial charge in [-0.05, 0) is 12.1 Å². The first kappa shape index (κ1) is 9.93. The molecule has 0 saturated heterocycles. The maximum Gasteiger partial charge on any atom is 0.329 e. The lowest BCUT2D eigenvalue weighted by Crippen LogP contribution is -2.45. The summed E-state index contributed by atoms with van der Waals surface area (Å²) in [4.78, 5) is 25.3. The van der Waals surface area contributed by atoms with Crippen molar-refractivity contribution in [2.45, 2.75) is 0 Å². The highest BCUT2D eigenvalue weighted by Gasteiger charge is 2.10. The van der Waals surface area contributed by atoms with Crippen molar-refractivity contribution < 1.29 is 9.59 Å². The summed E-state index contributed by atoms with van der Waals surface area (Å²) >= 11 is 0. The number of hydrazine groups is 2. The van der Waals surface area contributed by atoms with Gasteiger partial charge < -0.3 is 0 Å². The number of nitrogens with one attached hydrogen (secondary N) is 3. The number of rotatable bonds is 2. The van der Waals surface area contributed by atoms with Crippen LogP contribution in [0, 0.1) is 0 Å². The third kappa shape index (κ3) is 2.72. The number of amides is 2.